The monoisotopic (exact) mass is 429 g/mol. The van der Waals surface area contributed by atoms with Gasteiger partial charge in [-0.3, -0.25) is 4.79 Å². The number of hydrogen-bond acceptors (Lipinski definition) is 7. The highest BCUT2D eigenvalue weighted by molar-refractivity contribution is 7.90. The zero-order chi connectivity index (χ0) is 21.7. The molecule has 0 fully saturated rings. The number of nitrogens with zero attached hydrogens (tertiary/aromatic N) is 2. The van der Waals surface area contributed by atoms with Crippen molar-refractivity contribution in [1.82, 2.24) is 15.5 Å². The molecule has 1 N–H and O–H groups in total. The van der Waals surface area contributed by atoms with Crippen molar-refractivity contribution in [1.29, 1.82) is 0 Å². The number of methoxy groups -OCH3 is 1. The zero-order valence-corrected chi connectivity index (χ0v) is 17.8. The lowest BCUT2D eigenvalue weighted by Gasteiger charge is -2.14. The molecule has 158 valence electrons. The van der Waals surface area contributed by atoms with Gasteiger partial charge in [0.15, 0.2) is 9.84 Å². The minimum Gasteiger partial charge on any atom is -0.497 e. The van der Waals surface area contributed by atoms with Crippen LogP contribution < -0.4 is 10.1 Å². The maximum Gasteiger partial charge on any atom is 0.227 e. The fourth-order valence-corrected chi connectivity index (χ4v) is 3.47. The Morgan fingerprint density at radius 2 is 1.80 bits per heavy atom. The number of aryl methyl sites for hydroxylation is 1. The highest BCUT2D eigenvalue weighted by Crippen LogP contribution is 2.20. The average Bonchev–Trinajstić information content (AvgIpc) is 3.21. The van der Waals surface area contributed by atoms with Crippen LogP contribution in [0.5, 0.6) is 5.75 Å². The molecule has 0 aliphatic carbocycles. The molecule has 0 aliphatic rings. The lowest BCUT2D eigenvalue weighted by Crippen LogP contribution is -2.26. The molecule has 0 spiro atoms. The molecule has 1 unspecified atom stereocenters. The number of rotatable bonds is 8. The molecular formula is C21H23N3O5S. The number of sulfone groups is 1. The molecule has 0 aliphatic heterocycles. The summed E-state index contributed by atoms with van der Waals surface area (Å²) in [5, 5.41) is 6.83. The van der Waals surface area contributed by atoms with Gasteiger partial charge in [0.2, 0.25) is 17.6 Å². The number of ether oxygens (including phenoxy) is 1. The normalized spacial score (nSPS) is 12.4. The first kappa shape index (κ1) is 21.5. The first-order valence-electron chi connectivity index (χ1n) is 9.32. The topological polar surface area (TPSA) is 111 Å². The van der Waals surface area contributed by atoms with E-state index in [0.717, 1.165) is 23.1 Å². The summed E-state index contributed by atoms with van der Waals surface area (Å²) in [6, 6.07) is 13.5. The summed E-state index contributed by atoms with van der Waals surface area (Å²) in [7, 11) is -1.65. The van der Waals surface area contributed by atoms with Crippen molar-refractivity contribution in [2.75, 3.05) is 13.4 Å². The highest BCUT2D eigenvalue weighted by atomic mass is 32.2. The predicted octanol–water partition coefficient (Wildman–Crippen LogP) is 2.96. The van der Waals surface area contributed by atoms with Gasteiger partial charge in [-0.1, -0.05) is 17.3 Å². The Hall–Kier alpha value is -3.20. The largest absolute Gasteiger partial charge is 0.497 e. The van der Waals surface area contributed by atoms with Crippen LogP contribution in [-0.2, 0) is 21.1 Å². The number of benzene rings is 2. The van der Waals surface area contributed by atoms with Gasteiger partial charge in [-0.2, -0.15) is 4.98 Å². The van der Waals surface area contributed by atoms with Gasteiger partial charge in [0.25, 0.3) is 0 Å². The van der Waals surface area contributed by atoms with Crippen molar-refractivity contribution in [3.63, 3.8) is 0 Å². The second-order valence-corrected chi connectivity index (χ2v) is 8.89. The van der Waals surface area contributed by atoms with Crippen LogP contribution in [0.1, 0.15) is 30.8 Å². The van der Waals surface area contributed by atoms with E-state index in [-0.39, 0.29) is 23.3 Å². The Kier molecular flexibility index (Phi) is 6.51. The van der Waals surface area contributed by atoms with Crippen molar-refractivity contribution in [3.8, 4) is 17.1 Å². The maximum atomic E-state index is 12.3. The predicted molar refractivity (Wildman–Crippen MR) is 111 cm³/mol. The second kappa shape index (κ2) is 9.08. The summed E-state index contributed by atoms with van der Waals surface area (Å²) in [5.74, 6) is 1.40. The third kappa shape index (κ3) is 5.44. The molecule has 8 nitrogen and oxygen atoms in total. The number of carbonyl (C=O) groups excluding carboxylic acids is 1. The van der Waals surface area contributed by atoms with Crippen LogP contribution in [-0.4, -0.2) is 37.8 Å². The first-order valence-corrected chi connectivity index (χ1v) is 11.2. The van der Waals surface area contributed by atoms with E-state index >= 15 is 0 Å². The summed E-state index contributed by atoms with van der Waals surface area (Å²) in [6.45, 7) is 1.84. The molecule has 0 saturated heterocycles. The van der Waals surface area contributed by atoms with E-state index in [1.165, 1.54) is 12.1 Å². The molecule has 1 amide bonds. The van der Waals surface area contributed by atoms with E-state index in [0.29, 0.717) is 18.1 Å². The van der Waals surface area contributed by atoms with Crippen LogP contribution in [0.15, 0.2) is 57.9 Å². The van der Waals surface area contributed by atoms with Crippen LogP contribution in [0, 0.1) is 0 Å². The van der Waals surface area contributed by atoms with E-state index in [2.05, 4.69) is 15.5 Å². The summed E-state index contributed by atoms with van der Waals surface area (Å²) in [5.41, 5.74) is 1.61. The second-order valence-electron chi connectivity index (χ2n) is 6.87. The van der Waals surface area contributed by atoms with Gasteiger partial charge in [0, 0.05) is 24.7 Å². The number of amides is 1. The summed E-state index contributed by atoms with van der Waals surface area (Å²) < 4.78 is 33.4. The molecule has 3 rings (SSSR count). The van der Waals surface area contributed by atoms with Crippen LogP contribution in [0.3, 0.4) is 0 Å². The van der Waals surface area contributed by atoms with Crippen LogP contribution in [0.25, 0.3) is 11.4 Å². The minimum absolute atomic E-state index is 0.168. The quantitative estimate of drug-likeness (QED) is 0.586. The Morgan fingerprint density at radius 3 is 2.40 bits per heavy atom. The molecule has 30 heavy (non-hydrogen) atoms. The van der Waals surface area contributed by atoms with E-state index in [9.17, 15) is 13.2 Å². The van der Waals surface area contributed by atoms with Gasteiger partial charge in [-0.05, 0) is 48.9 Å². The number of nitrogens with one attached hydrogen (secondary N) is 1. The summed E-state index contributed by atoms with van der Waals surface area (Å²) in [6.07, 6.45) is 1.66. The third-order valence-corrected chi connectivity index (χ3v) is 5.70. The Bertz CT molecular complexity index is 1110. The lowest BCUT2D eigenvalue weighted by atomic mass is 10.1. The van der Waals surface area contributed by atoms with Gasteiger partial charge >= 0.3 is 0 Å². The number of hydrogen-bond donors (Lipinski definition) is 1. The van der Waals surface area contributed by atoms with E-state index in [1.54, 1.807) is 19.2 Å². The summed E-state index contributed by atoms with van der Waals surface area (Å²) >= 11 is 0. The van der Waals surface area contributed by atoms with Crippen LogP contribution in [0.2, 0.25) is 0 Å². The number of aromatic nitrogens is 2. The maximum absolute atomic E-state index is 12.3. The molecule has 0 saturated carbocycles. The SMILES string of the molecule is COc1ccc(-c2noc(CCC(=O)NC(C)c3ccc(S(C)(=O)=O)cc3)n2)cc1. The number of carbonyl (C=O) groups is 1. The van der Waals surface area contributed by atoms with Crippen molar-refractivity contribution >= 4 is 15.7 Å². The van der Waals surface area contributed by atoms with Crippen LogP contribution >= 0.6 is 0 Å². The lowest BCUT2D eigenvalue weighted by molar-refractivity contribution is -0.121. The molecule has 0 bridgehead atoms. The first-order chi connectivity index (χ1) is 14.3. The molecular weight excluding hydrogens is 406 g/mol. The molecule has 1 atom stereocenters. The van der Waals surface area contributed by atoms with Gasteiger partial charge in [-0.15, -0.1) is 0 Å². The van der Waals surface area contributed by atoms with Crippen molar-refractivity contribution in [3.05, 3.63) is 60.0 Å². The highest BCUT2D eigenvalue weighted by Gasteiger charge is 2.14. The fourth-order valence-electron chi connectivity index (χ4n) is 2.83. The van der Waals surface area contributed by atoms with Crippen molar-refractivity contribution in [2.45, 2.75) is 30.7 Å². The third-order valence-electron chi connectivity index (χ3n) is 4.57. The Balaban J connectivity index is 1.53. The van der Waals surface area contributed by atoms with Gasteiger partial charge in [0.05, 0.1) is 18.0 Å². The fraction of sp³-hybridized carbons (Fsp3) is 0.286. The molecule has 1 aromatic heterocycles. The van der Waals surface area contributed by atoms with Crippen molar-refractivity contribution < 1.29 is 22.5 Å². The van der Waals surface area contributed by atoms with E-state index in [1.807, 2.05) is 31.2 Å². The standard InChI is InChI=1S/C21H23N3O5S/c1-14(15-6-10-18(11-7-15)30(3,26)27)22-19(25)12-13-20-23-21(24-29-20)16-4-8-17(28-2)9-5-16/h4-11,14H,12-13H2,1-3H3,(H,22,25). The van der Waals surface area contributed by atoms with Gasteiger partial charge in [0.1, 0.15) is 5.75 Å². The molecule has 2 aromatic carbocycles. The van der Waals surface area contributed by atoms with E-state index in [4.69, 9.17) is 9.26 Å². The summed E-state index contributed by atoms with van der Waals surface area (Å²) in [4.78, 5) is 16.8. The molecule has 9 heteroatoms. The van der Waals surface area contributed by atoms with Gasteiger partial charge < -0.3 is 14.6 Å². The molecule has 1 heterocycles. The van der Waals surface area contributed by atoms with Gasteiger partial charge in [-0.25, -0.2) is 8.42 Å². The zero-order valence-electron chi connectivity index (χ0n) is 17.0. The van der Waals surface area contributed by atoms with E-state index < -0.39 is 9.84 Å². The minimum atomic E-state index is -3.25. The van der Waals surface area contributed by atoms with Crippen molar-refractivity contribution in [2.24, 2.45) is 0 Å². The smallest absolute Gasteiger partial charge is 0.227 e. The van der Waals surface area contributed by atoms with Crippen LogP contribution in [0.4, 0.5) is 0 Å². The average molecular weight is 429 g/mol. The molecule has 0 radical (unpaired) electrons. The Labute approximate surface area is 175 Å². The molecule has 3 aromatic rings. The Morgan fingerprint density at radius 1 is 1.13 bits per heavy atom.